The number of hydrogen-bond donors (Lipinski definition) is 2. The van der Waals surface area contributed by atoms with Gasteiger partial charge in [-0.1, -0.05) is 18.2 Å². The highest BCUT2D eigenvalue weighted by Gasteiger charge is 2.54. The SMILES string of the molecule is O=C1CC2(CCOc3ccccc32)C(C(=O)O)N1. The Morgan fingerprint density at radius 3 is 3.00 bits per heavy atom. The Kier molecular flexibility index (Phi) is 2.29. The molecule has 5 nitrogen and oxygen atoms in total. The van der Waals surface area contributed by atoms with Crippen LogP contribution in [-0.4, -0.2) is 29.6 Å². The number of carboxylic acids is 1. The molecule has 1 aromatic carbocycles. The van der Waals surface area contributed by atoms with Crippen molar-refractivity contribution in [3.8, 4) is 5.75 Å². The first-order valence-electron chi connectivity index (χ1n) is 5.88. The quantitative estimate of drug-likeness (QED) is 0.765. The summed E-state index contributed by atoms with van der Waals surface area (Å²) in [6.45, 7) is 0.440. The van der Waals surface area contributed by atoms with Crippen molar-refractivity contribution in [2.75, 3.05) is 6.61 Å². The van der Waals surface area contributed by atoms with Crippen molar-refractivity contribution in [1.82, 2.24) is 5.32 Å². The number of carboxylic acid groups (broad SMARTS) is 1. The van der Waals surface area contributed by atoms with Crippen LogP contribution >= 0.6 is 0 Å². The van der Waals surface area contributed by atoms with Crippen molar-refractivity contribution in [3.05, 3.63) is 29.8 Å². The lowest BCUT2D eigenvalue weighted by molar-refractivity contribution is -0.141. The van der Waals surface area contributed by atoms with E-state index in [-0.39, 0.29) is 12.3 Å². The maximum Gasteiger partial charge on any atom is 0.327 e. The van der Waals surface area contributed by atoms with Gasteiger partial charge in [0.15, 0.2) is 0 Å². The van der Waals surface area contributed by atoms with Crippen molar-refractivity contribution >= 4 is 11.9 Å². The minimum atomic E-state index is -0.988. The lowest BCUT2D eigenvalue weighted by atomic mass is 9.70. The highest BCUT2D eigenvalue weighted by molar-refractivity contribution is 5.91. The van der Waals surface area contributed by atoms with Crippen molar-refractivity contribution < 1.29 is 19.4 Å². The number of carbonyl (C=O) groups is 2. The zero-order valence-electron chi connectivity index (χ0n) is 9.68. The molecule has 1 spiro atoms. The average molecular weight is 247 g/mol. The minimum Gasteiger partial charge on any atom is -0.493 e. The monoisotopic (exact) mass is 247 g/mol. The molecule has 3 rings (SSSR count). The van der Waals surface area contributed by atoms with Crippen LogP contribution in [-0.2, 0) is 15.0 Å². The summed E-state index contributed by atoms with van der Waals surface area (Å²) in [5.41, 5.74) is 0.152. The van der Waals surface area contributed by atoms with E-state index in [1.54, 1.807) is 0 Å². The summed E-state index contributed by atoms with van der Waals surface area (Å²) in [7, 11) is 0. The van der Waals surface area contributed by atoms with Crippen molar-refractivity contribution in [1.29, 1.82) is 0 Å². The summed E-state index contributed by atoms with van der Waals surface area (Å²) in [4.78, 5) is 23.0. The predicted molar refractivity (Wildman–Crippen MR) is 62.4 cm³/mol. The number of para-hydroxylation sites is 1. The highest BCUT2D eigenvalue weighted by atomic mass is 16.5. The fraction of sp³-hybridized carbons (Fsp3) is 0.385. The van der Waals surface area contributed by atoms with Gasteiger partial charge in [-0.15, -0.1) is 0 Å². The summed E-state index contributed by atoms with van der Waals surface area (Å²) in [6, 6.07) is 6.49. The van der Waals surface area contributed by atoms with Crippen LogP contribution in [0.3, 0.4) is 0 Å². The van der Waals surface area contributed by atoms with Crippen molar-refractivity contribution in [2.24, 2.45) is 0 Å². The lowest BCUT2D eigenvalue weighted by Crippen LogP contribution is -2.48. The first kappa shape index (κ1) is 11.1. The molecule has 0 aliphatic carbocycles. The van der Waals surface area contributed by atoms with E-state index in [0.29, 0.717) is 18.8 Å². The summed E-state index contributed by atoms with van der Waals surface area (Å²) in [5, 5.41) is 11.9. The fourth-order valence-corrected chi connectivity index (χ4v) is 3.00. The van der Waals surface area contributed by atoms with Crippen LogP contribution in [0.1, 0.15) is 18.4 Å². The molecule has 1 amide bonds. The molecule has 0 saturated carbocycles. The van der Waals surface area contributed by atoms with Gasteiger partial charge in [-0.05, 0) is 12.5 Å². The lowest BCUT2D eigenvalue weighted by Gasteiger charge is -2.37. The third-order valence-corrected chi connectivity index (χ3v) is 3.81. The number of carbonyl (C=O) groups excluding carboxylic acids is 1. The van der Waals surface area contributed by atoms with E-state index in [2.05, 4.69) is 5.32 Å². The zero-order valence-corrected chi connectivity index (χ0v) is 9.68. The second-order valence-electron chi connectivity index (χ2n) is 4.77. The van der Waals surface area contributed by atoms with Crippen LogP contribution in [0.2, 0.25) is 0 Å². The molecule has 0 bridgehead atoms. The van der Waals surface area contributed by atoms with Gasteiger partial charge in [-0.3, -0.25) is 4.79 Å². The molecule has 1 aromatic rings. The number of rotatable bonds is 1. The maximum atomic E-state index is 11.6. The Morgan fingerprint density at radius 2 is 2.22 bits per heavy atom. The summed E-state index contributed by atoms with van der Waals surface area (Å²) >= 11 is 0. The van der Waals surface area contributed by atoms with E-state index in [1.807, 2.05) is 24.3 Å². The second kappa shape index (κ2) is 3.73. The molecule has 18 heavy (non-hydrogen) atoms. The largest absolute Gasteiger partial charge is 0.493 e. The molecule has 2 unspecified atom stereocenters. The number of nitrogens with one attached hydrogen (secondary N) is 1. The van der Waals surface area contributed by atoms with Gasteiger partial charge in [0.2, 0.25) is 5.91 Å². The van der Waals surface area contributed by atoms with Crippen molar-refractivity contribution in [3.63, 3.8) is 0 Å². The normalized spacial score (nSPS) is 29.6. The van der Waals surface area contributed by atoms with Crippen LogP contribution in [0.25, 0.3) is 0 Å². The van der Waals surface area contributed by atoms with Crippen LogP contribution in [0.4, 0.5) is 0 Å². The van der Waals surface area contributed by atoms with Crippen LogP contribution in [0.15, 0.2) is 24.3 Å². The predicted octanol–water partition coefficient (Wildman–Crippen LogP) is 0.680. The van der Waals surface area contributed by atoms with Gasteiger partial charge in [0, 0.05) is 17.4 Å². The second-order valence-corrected chi connectivity index (χ2v) is 4.77. The first-order valence-corrected chi connectivity index (χ1v) is 5.88. The highest BCUT2D eigenvalue weighted by Crippen LogP contribution is 2.46. The van der Waals surface area contributed by atoms with Gasteiger partial charge in [-0.2, -0.15) is 0 Å². The molecule has 2 heterocycles. The Labute approximate surface area is 104 Å². The number of fused-ring (bicyclic) bond motifs is 2. The Bertz CT molecular complexity index is 527. The molecular weight excluding hydrogens is 234 g/mol. The standard InChI is InChI=1S/C13H13NO4/c15-10-7-13(11(14-10)12(16)17)5-6-18-9-4-2-1-3-8(9)13/h1-4,11H,5-7H2,(H,14,15)(H,16,17). The molecule has 0 radical (unpaired) electrons. The number of ether oxygens (including phenoxy) is 1. The van der Waals surface area contributed by atoms with Gasteiger partial charge < -0.3 is 15.2 Å². The molecule has 2 aliphatic rings. The van der Waals surface area contributed by atoms with Gasteiger partial charge in [-0.25, -0.2) is 4.79 Å². The van der Waals surface area contributed by atoms with E-state index in [4.69, 9.17) is 4.74 Å². The molecule has 5 heteroatoms. The number of benzene rings is 1. The molecule has 1 fully saturated rings. The molecule has 2 N–H and O–H groups in total. The summed E-state index contributed by atoms with van der Waals surface area (Å²) in [5.74, 6) is -0.511. The number of hydrogen-bond acceptors (Lipinski definition) is 3. The minimum absolute atomic E-state index is 0.209. The van der Waals surface area contributed by atoms with E-state index in [9.17, 15) is 14.7 Å². The first-order chi connectivity index (χ1) is 8.63. The third-order valence-electron chi connectivity index (χ3n) is 3.81. The Balaban J connectivity index is 2.15. The van der Waals surface area contributed by atoms with Crippen LogP contribution in [0, 0.1) is 0 Å². The maximum absolute atomic E-state index is 11.6. The topological polar surface area (TPSA) is 75.6 Å². The zero-order chi connectivity index (χ0) is 12.8. The smallest absolute Gasteiger partial charge is 0.327 e. The summed E-state index contributed by atoms with van der Waals surface area (Å²) in [6.07, 6.45) is 0.754. The molecule has 2 atom stereocenters. The Morgan fingerprint density at radius 1 is 1.44 bits per heavy atom. The molecule has 0 aromatic heterocycles. The molecular formula is C13H13NO4. The van der Waals surface area contributed by atoms with E-state index in [1.165, 1.54) is 0 Å². The van der Waals surface area contributed by atoms with Gasteiger partial charge >= 0.3 is 5.97 Å². The van der Waals surface area contributed by atoms with E-state index < -0.39 is 17.4 Å². The van der Waals surface area contributed by atoms with E-state index >= 15 is 0 Å². The molecule has 2 aliphatic heterocycles. The summed E-state index contributed by atoms with van der Waals surface area (Å²) < 4.78 is 5.54. The third kappa shape index (κ3) is 1.40. The number of amides is 1. The van der Waals surface area contributed by atoms with E-state index in [0.717, 1.165) is 5.56 Å². The van der Waals surface area contributed by atoms with Gasteiger partial charge in [0.25, 0.3) is 0 Å². The van der Waals surface area contributed by atoms with Gasteiger partial charge in [0.05, 0.1) is 6.61 Å². The van der Waals surface area contributed by atoms with Crippen LogP contribution < -0.4 is 10.1 Å². The fourth-order valence-electron chi connectivity index (χ4n) is 3.00. The van der Waals surface area contributed by atoms with Crippen molar-refractivity contribution in [2.45, 2.75) is 24.3 Å². The number of aliphatic carboxylic acids is 1. The Hall–Kier alpha value is -2.04. The molecule has 1 saturated heterocycles. The molecule has 94 valence electrons. The van der Waals surface area contributed by atoms with Crippen LogP contribution in [0.5, 0.6) is 5.75 Å². The van der Waals surface area contributed by atoms with Gasteiger partial charge in [0.1, 0.15) is 11.8 Å². The average Bonchev–Trinajstić information content (AvgIpc) is 2.68.